The lowest BCUT2D eigenvalue weighted by Crippen LogP contribution is -2.30. The van der Waals surface area contributed by atoms with Gasteiger partial charge in [0.25, 0.3) is 0 Å². The molecule has 1 N–H and O–H groups in total. The van der Waals surface area contributed by atoms with Crippen LogP contribution >= 0.6 is 0 Å². The molecular weight excluding hydrogens is 368 g/mol. The number of carbonyl (C=O) groups is 1. The predicted molar refractivity (Wildman–Crippen MR) is 99.2 cm³/mol. The molecule has 1 aliphatic heterocycles. The molecule has 3 rings (SSSR count). The van der Waals surface area contributed by atoms with Gasteiger partial charge in [0.05, 0.1) is 12.3 Å². The second-order valence-corrected chi connectivity index (χ2v) is 8.72. The van der Waals surface area contributed by atoms with Crippen molar-refractivity contribution in [3.63, 3.8) is 0 Å². The van der Waals surface area contributed by atoms with Gasteiger partial charge in [0.1, 0.15) is 0 Å². The van der Waals surface area contributed by atoms with E-state index in [0.29, 0.717) is 37.6 Å². The van der Waals surface area contributed by atoms with Gasteiger partial charge >= 0.3 is 0 Å². The maximum absolute atomic E-state index is 12.1. The summed E-state index contributed by atoms with van der Waals surface area (Å²) in [5, 5.41) is 6.80. The number of sulfonamides is 1. The zero-order chi connectivity index (χ0) is 19.4. The molecule has 0 spiro atoms. The number of hydrogen-bond donors (Lipinski definition) is 1. The number of aryl methyl sites for hydroxylation is 2. The van der Waals surface area contributed by atoms with Crippen LogP contribution in [0.1, 0.15) is 48.1 Å². The molecule has 1 aromatic heterocycles. The summed E-state index contributed by atoms with van der Waals surface area (Å²) in [5.41, 5.74) is 2.21. The number of carbonyl (C=O) groups excluding carboxylic acids is 1. The van der Waals surface area contributed by atoms with Crippen molar-refractivity contribution in [2.45, 2.75) is 45.2 Å². The molecule has 1 saturated heterocycles. The van der Waals surface area contributed by atoms with E-state index in [9.17, 15) is 13.2 Å². The van der Waals surface area contributed by atoms with E-state index in [1.165, 1.54) is 10.6 Å². The molecule has 0 aliphatic carbocycles. The minimum Gasteiger partial charge on any atom is -0.352 e. The van der Waals surface area contributed by atoms with Gasteiger partial charge in [0, 0.05) is 25.9 Å². The first-order chi connectivity index (χ1) is 12.8. The third-order valence-corrected chi connectivity index (χ3v) is 6.00. The summed E-state index contributed by atoms with van der Waals surface area (Å²) in [6, 6.07) is 7.51. The third-order valence-electron chi connectivity index (χ3n) is 4.71. The highest BCUT2D eigenvalue weighted by atomic mass is 32.2. The minimum absolute atomic E-state index is 0.100. The van der Waals surface area contributed by atoms with E-state index in [4.69, 9.17) is 4.52 Å². The van der Waals surface area contributed by atoms with E-state index >= 15 is 0 Å². The van der Waals surface area contributed by atoms with E-state index in [-0.39, 0.29) is 18.4 Å². The quantitative estimate of drug-likeness (QED) is 0.769. The predicted octanol–water partition coefficient (Wildman–Crippen LogP) is 1.72. The van der Waals surface area contributed by atoms with Crippen LogP contribution in [0.3, 0.4) is 0 Å². The van der Waals surface area contributed by atoms with E-state index < -0.39 is 10.0 Å². The van der Waals surface area contributed by atoms with Crippen LogP contribution in [-0.4, -0.2) is 41.6 Å². The fraction of sp³-hybridized carbons (Fsp3) is 0.500. The number of rotatable bonds is 7. The van der Waals surface area contributed by atoms with Gasteiger partial charge in [-0.3, -0.25) is 4.79 Å². The van der Waals surface area contributed by atoms with Gasteiger partial charge in [0.2, 0.25) is 21.8 Å². The van der Waals surface area contributed by atoms with Crippen molar-refractivity contribution in [2.75, 3.05) is 12.8 Å². The Morgan fingerprint density at radius 1 is 1.37 bits per heavy atom. The highest BCUT2D eigenvalue weighted by molar-refractivity contribution is 7.88. The Morgan fingerprint density at radius 2 is 2.15 bits per heavy atom. The van der Waals surface area contributed by atoms with Crippen LogP contribution in [0.25, 0.3) is 0 Å². The Morgan fingerprint density at radius 3 is 2.89 bits per heavy atom. The largest absolute Gasteiger partial charge is 0.352 e. The summed E-state index contributed by atoms with van der Waals surface area (Å²) in [6.45, 7) is 2.95. The molecule has 1 fully saturated rings. The van der Waals surface area contributed by atoms with Crippen LogP contribution in [0.2, 0.25) is 0 Å². The van der Waals surface area contributed by atoms with Crippen LogP contribution in [-0.2, 0) is 27.8 Å². The summed E-state index contributed by atoms with van der Waals surface area (Å²) in [7, 11) is -3.31. The smallest absolute Gasteiger partial charge is 0.227 e. The fourth-order valence-corrected chi connectivity index (χ4v) is 4.33. The van der Waals surface area contributed by atoms with Crippen LogP contribution < -0.4 is 5.32 Å². The average Bonchev–Trinajstić information content (AvgIpc) is 3.27. The van der Waals surface area contributed by atoms with Crippen LogP contribution in [0.4, 0.5) is 0 Å². The summed E-state index contributed by atoms with van der Waals surface area (Å²) in [4.78, 5) is 16.4. The second kappa shape index (κ2) is 8.18. The molecule has 1 amide bonds. The summed E-state index contributed by atoms with van der Waals surface area (Å²) >= 11 is 0. The second-order valence-electron chi connectivity index (χ2n) is 6.78. The minimum atomic E-state index is -3.31. The van der Waals surface area contributed by atoms with Crippen molar-refractivity contribution in [1.82, 2.24) is 19.8 Å². The molecule has 1 atom stereocenters. The molecule has 0 bridgehead atoms. The van der Waals surface area contributed by atoms with Gasteiger partial charge in [-0.25, -0.2) is 8.42 Å². The van der Waals surface area contributed by atoms with Crippen molar-refractivity contribution in [3.05, 3.63) is 47.1 Å². The lowest BCUT2D eigenvalue weighted by atomic mass is 10.1. The Balaban J connectivity index is 1.52. The van der Waals surface area contributed by atoms with Gasteiger partial charge in [-0.2, -0.15) is 9.29 Å². The first-order valence-electron chi connectivity index (χ1n) is 8.95. The molecule has 1 aromatic carbocycles. The van der Waals surface area contributed by atoms with Crippen LogP contribution in [0.15, 0.2) is 28.8 Å². The summed E-state index contributed by atoms with van der Waals surface area (Å²) in [6.07, 6.45) is 3.17. The molecule has 2 heterocycles. The molecule has 1 unspecified atom stereocenters. The normalized spacial score (nSPS) is 17.9. The lowest BCUT2D eigenvalue weighted by Gasteiger charge is -2.18. The SMILES string of the molecule is Cc1ccccc1CNC(=O)CCc1nc(C2CCCN2S(C)(=O)=O)no1. The van der Waals surface area contributed by atoms with Crippen molar-refractivity contribution in [1.29, 1.82) is 0 Å². The molecule has 2 aromatic rings. The van der Waals surface area contributed by atoms with Crippen molar-refractivity contribution >= 4 is 15.9 Å². The molecule has 146 valence electrons. The van der Waals surface area contributed by atoms with Gasteiger partial charge in [-0.05, 0) is 30.9 Å². The molecule has 0 saturated carbocycles. The van der Waals surface area contributed by atoms with E-state index in [1.54, 1.807) is 0 Å². The number of benzene rings is 1. The highest BCUT2D eigenvalue weighted by Gasteiger charge is 2.35. The third kappa shape index (κ3) is 4.92. The van der Waals surface area contributed by atoms with Crippen molar-refractivity contribution in [3.8, 4) is 0 Å². The summed E-state index contributed by atoms with van der Waals surface area (Å²) in [5.74, 6) is 0.612. The molecule has 27 heavy (non-hydrogen) atoms. The number of hydrogen-bond acceptors (Lipinski definition) is 6. The van der Waals surface area contributed by atoms with Gasteiger partial charge in [-0.1, -0.05) is 29.4 Å². The number of amides is 1. The van der Waals surface area contributed by atoms with Gasteiger partial charge in [0.15, 0.2) is 5.82 Å². The van der Waals surface area contributed by atoms with Gasteiger partial charge < -0.3 is 9.84 Å². The number of aromatic nitrogens is 2. The van der Waals surface area contributed by atoms with Crippen molar-refractivity contribution < 1.29 is 17.7 Å². The Kier molecular flexibility index (Phi) is 5.91. The Hall–Kier alpha value is -2.26. The Bertz CT molecular complexity index is 910. The van der Waals surface area contributed by atoms with Crippen molar-refractivity contribution in [2.24, 2.45) is 0 Å². The van der Waals surface area contributed by atoms with Crippen LogP contribution in [0, 0.1) is 6.92 Å². The van der Waals surface area contributed by atoms with E-state index in [0.717, 1.165) is 17.5 Å². The number of nitrogens with zero attached hydrogens (tertiary/aromatic N) is 3. The van der Waals surface area contributed by atoms with Crippen LogP contribution in [0.5, 0.6) is 0 Å². The maximum Gasteiger partial charge on any atom is 0.227 e. The zero-order valence-corrected chi connectivity index (χ0v) is 16.3. The first kappa shape index (κ1) is 19.5. The summed E-state index contributed by atoms with van der Waals surface area (Å²) < 4.78 is 30.3. The molecular formula is C18H24N4O4S. The lowest BCUT2D eigenvalue weighted by molar-refractivity contribution is -0.121. The van der Waals surface area contributed by atoms with E-state index in [2.05, 4.69) is 15.5 Å². The monoisotopic (exact) mass is 392 g/mol. The number of nitrogens with one attached hydrogen (secondary N) is 1. The van der Waals surface area contributed by atoms with E-state index in [1.807, 2.05) is 31.2 Å². The topological polar surface area (TPSA) is 105 Å². The first-order valence-corrected chi connectivity index (χ1v) is 10.8. The molecule has 9 heteroatoms. The average molecular weight is 392 g/mol. The molecule has 0 radical (unpaired) electrons. The Labute approximate surface area is 159 Å². The fourth-order valence-electron chi connectivity index (χ4n) is 3.21. The standard InChI is InChI=1S/C18H24N4O4S/c1-13-6-3-4-7-14(13)12-19-16(23)9-10-17-20-18(21-26-17)15-8-5-11-22(15)27(2,24)25/h3-4,6-7,15H,5,8-12H2,1-2H3,(H,19,23). The maximum atomic E-state index is 12.1. The molecule has 1 aliphatic rings. The van der Waals surface area contributed by atoms with Gasteiger partial charge in [-0.15, -0.1) is 0 Å². The zero-order valence-electron chi connectivity index (χ0n) is 15.5. The highest BCUT2D eigenvalue weighted by Crippen LogP contribution is 2.32. The molecule has 8 nitrogen and oxygen atoms in total.